The summed E-state index contributed by atoms with van der Waals surface area (Å²) in [5, 5.41) is 0. The maximum Gasteiger partial charge on any atom is 0.254 e. The Hall–Kier alpha value is -2.67. The third-order valence-electron chi connectivity index (χ3n) is 7.67. The zero-order valence-electron chi connectivity index (χ0n) is 19.8. The number of aromatic nitrogens is 2. The molecule has 0 spiro atoms. The Labute approximate surface area is 195 Å². The molecule has 7 heteroatoms. The van der Waals surface area contributed by atoms with Crippen molar-refractivity contribution in [3.63, 3.8) is 0 Å². The Bertz CT molecular complexity index is 1060. The molecule has 2 aromatic rings. The first-order chi connectivity index (χ1) is 16.0. The number of piperidine rings is 1. The molecule has 1 aliphatic carbocycles. The smallest absolute Gasteiger partial charge is 0.254 e. The number of fused-ring (bicyclic) bond motifs is 1. The highest BCUT2D eigenvalue weighted by atomic mass is 16.2. The van der Waals surface area contributed by atoms with Gasteiger partial charge in [-0.15, -0.1) is 0 Å². The molecular weight excluding hydrogens is 414 g/mol. The van der Waals surface area contributed by atoms with Crippen LogP contribution >= 0.6 is 0 Å². The van der Waals surface area contributed by atoms with Crippen molar-refractivity contribution in [1.82, 2.24) is 19.8 Å². The number of benzene rings is 1. The van der Waals surface area contributed by atoms with Crippen molar-refractivity contribution in [1.29, 1.82) is 0 Å². The standard InChI is InChI=1S/C26H35N5O2/c1-29(2)19-12-10-18(11-13-19)26(33)31-15-6-5-9-23(31)24-27-22-17-30(20-7-3-4-8-20)16-14-21(22)25(32)28-24/h10-13,20,23H,3-9,14-17H2,1-2H3,(H,27,28,32)/t23-/m0/s1. The van der Waals surface area contributed by atoms with Crippen LogP contribution < -0.4 is 10.5 Å². The van der Waals surface area contributed by atoms with Gasteiger partial charge in [0.15, 0.2) is 0 Å². The second-order valence-corrected chi connectivity index (χ2v) is 9.99. The van der Waals surface area contributed by atoms with Crippen molar-refractivity contribution in [3.05, 3.63) is 57.3 Å². The van der Waals surface area contributed by atoms with E-state index in [1.54, 1.807) is 0 Å². The fraction of sp³-hybridized carbons (Fsp3) is 0.577. The largest absolute Gasteiger partial charge is 0.378 e. The van der Waals surface area contributed by atoms with Gasteiger partial charge in [0.1, 0.15) is 5.82 Å². The number of carbonyl (C=O) groups is 1. The summed E-state index contributed by atoms with van der Waals surface area (Å²) in [4.78, 5) is 40.9. The van der Waals surface area contributed by atoms with Gasteiger partial charge < -0.3 is 14.8 Å². The topological polar surface area (TPSA) is 72.5 Å². The van der Waals surface area contributed by atoms with Gasteiger partial charge in [-0.25, -0.2) is 4.98 Å². The predicted octanol–water partition coefficient (Wildman–Crippen LogP) is 3.50. The zero-order chi connectivity index (χ0) is 22.9. The molecule has 2 aliphatic heterocycles. The summed E-state index contributed by atoms with van der Waals surface area (Å²) in [5.41, 5.74) is 3.48. The van der Waals surface area contributed by atoms with Crippen LogP contribution in [0.2, 0.25) is 0 Å². The van der Waals surface area contributed by atoms with Crippen molar-refractivity contribution in [2.45, 2.75) is 70.0 Å². The normalized spacial score (nSPS) is 21.8. The van der Waals surface area contributed by atoms with E-state index in [-0.39, 0.29) is 17.5 Å². The van der Waals surface area contributed by atoms with Crippen LogP contribution in [0.4, 0.5) is 5.69 Å². The average molecular weight is 450 g/mol. The highest BCUT2D eigenvalue weighted by molar-refractivity contribution is 5.94. The third kappa shape index (κ3) is 4.43. The number of nitrogens with one attached hydrogen (secondary N) is 1. The van der Waals surface area contributed by atoms with Gasteiger partial charge >= 0.3 is 0 Å². The van der Waals surface area contributed by atoms with E-state index in [2.05, 4.69) is 9.88 Å². The number of anilines is 1. The molecule has 5 rings (SSSR count). The maximum atomic E-state index is 13.4. The molecule has 1 atom stereocenters. The van der Waals surface area contributed by atoms with Crippen LogP contribution in [0.15, 0.2) is 29.1 Å². The molecule has 0 bridgehead atoms. The van der Waals surface area contributed by atoms with E-state index in [1.165, 1.54) is 25.7 Å². The number of nitrogens with zero attached hydrogens (tertiary/aromatic N) is 4. The van der Waals surface area contributed by atoms with Gasteiger partial charge in [0.2, 0.25) is 0 Å². The van der Waals surface area contributed by atoms with E-state index in [4.69, 9.17) is 4.98 Å². The summed E-state index contributed by atoms with van der Waals surface area (Å²) in [5.74, 6) is 0.669. The van der Waals surface area contributed by atoms with E-state index in [0.717, 1.165) is 55.7 Å². The van der Waals surface area contributed by atoms with Crippen molar-refractivity contribution in [2.75, 3.05) is 32.1 Å². The molecule has 1 saturated carbocycles. The average Bonchev–Trinajstić information content (AvgIpc) is 3.38. The first-order valence-electron chi connectivity index (χ1n) is 12.5. The van der Waals surface area contributed by atoms with E-state index in [1.807, 2.05) is 48.2 Å². The molecule has 0 radical (unpaired) electrons. The van der Waals surface area contributed by atoms with E-state index >= 15 is 0 Å². The second kappa shape index (κ2) is 9.29. The van der Waals surface area contributed by atoms with E-state index in [0.29, 0.717) is 24.0 Å². The first kappa shape index (κ1) is 22.1. The molecule has 3 heterocycles. The summed E-state index contributed by atoms with van der Waals surface area (Å²) in [6.45, 7) is 2.39. The monoisotopic (exact) mass is 449 g/mol. The van der Waals surface area contributed by atoms with Gasteiger partial charge in [0.05, 0.1) is 11.7 Å². The molecular formula is C26H35N5O2. The number of amides is 1. The Kier molecular flexibility index (Phi) is 6.23. The minimum Gasteiger partial charge on any atom is -0.378 e. The van der Waals surface area contributed by atoms with Crippen molar-refractivity contribution in [3.8, 4) is 0 Å². The Morgan fingerprint density at radius 2 is 1.76 bits per heavy atom. The van der Waals surface area contributed by atoms with E-state index in [9.17, 15) is 9.59 Å². The molecule has 0 unspecified atom stereocenters. The van der Waals surface area contributed by atoms with Crippen LogP contribution in [-0.4, -0.2) is 58.9 Å². The van der Waals surface area contributed by atoms with Crippen LogP contribution in [0.5, 0.6) is 0 Å². The predicted molar refractivity (Wildman–Crippen MR) is 130 cm³/mol. The fourth-order valence-corrected chi connectivity index (χ4v) is 5.74. The van der Waals surface area contributed by atoms with E-state index < -0.39 is 0 Å². The van der Waals surface area contributed by atoms with Gasteiger partial charge in [0, 0.05) is 56.6 Å². The minimum atomic E-state index is -0.181. The van der Waals surface area contributed by atoms with Gasteiger partial charge in [-0.2, -0.15) is 0 Å². The molecule has 1 aromatic heterocycles. The van der Waals surface area contributed by atoms with Crippen LogP contribution in [0, 0.1) is 0 Å². The number of H-pyrrole nitrogens is 1. The van der Waals surface area contributed by atoms with Crippen molar-refractivity contribution in [2.24, 2.45) is 0 Å². The zero-order valence-corrected chi connectivity index (χ0v) is 19.8. The number of hydrogen-bond acceptors (Lipinski definition) is 5. The van der Waals surface area contributed by atoms with Crippen LogP contribution in [-0.2, 0) is 13.0 Å². The molecule has 1 amide bonds. The third-order valence-corrected chi connectivity index (χ3v) is 7.67. The summed E-state index contributed by atoms with van der Waals surface area (Å²) >= 11 is 0. The Morgan fingerprint density at radius 3 is 2.48 bits per heavy atom. The van der Waals surface area contributed by atoms with Crippen LogP contribution in [0.25, 0.3) is 0 Å². The highest BCUT2D eigenvalue weighted by Gasteiger charge is 2.33. The first-order valence-corrected chi connectivity index (χ1v) is 12.5. The van der Waals surface area contributed by atoms with Crippen molar-refractivity contribution < 1.29 is 4.79 Å². The highest BCUT2D eigenvalue weighted by Crippen LogP contribution is 2.32. The summed E-state index contributed by atoms with van der Waals surface area (Å²) in [6.07, 6.45) is 8.71. The molecule has 1 aromatic carbocycles. The lowest BCUT2D eigenvalue weighted by molar-refractivity contribution is 0.0598. The molecule has 176 valence electrons. The Balaban J connectivity index is 1.41. The van der Waals surface area contributed by atoms with Crippen LogP contribution in [0.3, 0.4) is 0 Å². The molecule has 2 fully saturated rings. The number of rotatable bonds is 4. The quantitative estimate of drug-likeness (QED) is 0.773. The molecule has 1 saturated heterocycles. The molecule has 7 nitrogen and oxygen atoms in total. The number of likely N-dealkylation sites (tertiary alicyclic amines) is 1. The van der Waals surface area contributed by atoms with Crippen molar-refractivity contribution >= 4 is 11.6 Å². The SMILES string of the molecule is CN(C)c1ccc(C(=O)N2CCCC[C@H]2c2nc3c(c(=O)[nH]2)CCN(C2CCCC2)C3)cc1. The number of carbonyl (C=O) groups excluding carboxylic acids is 1. The lowest BCUT2D eigenvalue weighted by Crippen LogP contribution is -2.43. The maximum absolute atomic E-state index is 13.4. The Morgan fingerprint density at radius 1 is 1.03 bits per heavy atom. The van der Waals surface area contributed by atoms with Gasteiger partial charge in [-0.1, -0.05) is 12.8 Å². The molecule has 3 aliphatic rings. The summed E-state index contributed by atoms with van der Waals surface area (Å²) in [6, 6.07) is 8.18. The second-order valence-electron chi connectivity index (χ2n) is 9.99. The summed E-state index contributed by atoms with van der Waals surface area (Å²) in [7, 11) is 3.98. The number of hydrogen-bond donors (Lipinski definition) is 1. The number of aromatic amines is 1. The van der Waals surface area contributed by atoms with Crippen LogP contribution in [0.1, 0.15) is 78.4 Å². The minimum absolute atomic E-state index is 0.0120. The molecule has 33 heavy (non-hydrogen) atoms. The molecule has 1 N–H and O–H groups in total. The van der Waals surface area contributed by atoms with Gasteiger partial charge in [-0.3, -0.25) is 14.5 Å². The fourth-order valence-electron chi connectivity index (χ4n) is 5.74. The lowest BCUT2D eigenvalue weighted by atomic mass is 9.98. The summed E-state index contributed by atoms with van der Waals surface area (Å²) < 4.78 is 0. The lowest BCUT2D eigenvalue weighted by Gasteiger charge is -2.36. The van der Waals surface area contributed by atoms with Gasteiger partial charge in [-0.05, 0) is 62.8 Å². The van der Waals surface area contributed by atoms with Gasteiger partial charge in [0.25, 0.3) is 11.5 Å².